The van der Waals surface area contributed by atoms with Crippen molar-refractivity contribution in [3.63, 3.8) is 0 Å². The van der Waals surface area contributed by atoms with Gasteiger partial charge in [-0.05, 0) is 51.5 Å². The van der Waals surface area contributed by atoms with E-state index in [1.54, 1.807) is 0 Å². The van der Waals surface area contributed by atoms with Crippen LogP contribution in [0.25, 0.3) is 0 Å². The summed E-state index contributed by atoms with van der Waals surface area (Å²) in [6.07, 6.45) is 0. The Kier molecular flexibility index (Phi) is 3.03. The van der Waals surface area contributed by atoms with Crippen LogP contribution < -0.4 is 11.1 Å². The van der Waals surface area contributed by atoms with E-state index in [4.69, 9.17) is 11.1 Å². The Balaban J connectivity index is 2.99. The molecule has 0 aromatic heterocycles. The molecule has 82 valence electrons. The highest BCUT2D eigenvalue weighted by atomic mass is 14.9. The molecule has 0 unspecified atom stereocenters. The van der Waals surface area contributed by atoms with Crippen LogP contribution in [0, 0.1) is 12.3 Å². The summed E-state index contributed by atoms with van der Waals surface area (Å²) in [5, 5.41) is 10.7. The summed E-state index contributed by atoms with van der Waals surface area (Å²) in [6.45, 7) is 8.36. The van der Waals surface area contributed by atoms with E-state index in [9.17, 15) is 0 Å². The summed E-state index contributed by atoms with van der Waals surface area (Å²) < 4.78 is 0. The molecule has 1 rings (SSSR count). The third-order valence-corrected chi connectivity index (χ3v) is 2.05. The average molecular weight is 205 g/mol. The average Bonchev–Trinajstić information content (AvgIpc) is 2.05. The minimum Gasteiger partial charge on any atom is -0.384 e. The van der Waals surface area contributed by atoms with Gasteiger partial charge in [0.25, 0.3) is 0 Å². The first-order valence-electron chi connectivity index (χ1n) is 5.03. The first kappa shape index (κ1) is 11.6. The summed E-state index contributed by atoms with van der Waals surface area (Å²) in [5.41, 5.74) is 8.44. The molecule has 0 aliphatic carbocycles. The molecule has 4 N–H and O–H groups in total. The van der Waals surface area contributed by atoms with E-state index in [1.165, 1.54) is 0 Å². The normalized spacial score (nSPS) is 11.2. The quantitative estimate of drug-likeness (QED) is 0.513. The fourth-order valence-corrected chi connectivity index (χ4v) is 1.38. The summed E-state index contributed by atoms with van der Waals surface area (Å²) in [5.74, 6) is 0.111. The van der Waals surface area contributed by atoms with E-state index in [1.807, 2.05) is 25.1 Å². The van der Waals surface area contributed by atoms with E-state index >= 15 is 0 Å². The van der Waals surface area contributed by atoms with Crippen LogP contribution in [0.3, 0.4) is 0 Å². The predicted molar refractivity (Wildman–Crippen MR) is 65.6 cm³/mol. The van der Waals surface area contributed by atoms with Crippen LogP contribution in [-0.4, -0.2) is 11.4 Å². The van der Waals surface area contributed by atoms with Crippen molar-refractivity contribution in [2.45, 2.75) is 33.2 Å². The molecule has 0 spiro atoms. The minimum atomic E-state index is 0.0441. The second-order valence-electron chi connectivity index (χ2n) is 4.82. The number of nitrogen functional groups attached to an aromatic ring is 1. The van der Waals surface area contributed by atoms with Crippen LogP contribution in [0.15, 0.2) is 18.2 Å². The topological polar surface area (TPSA) is 61.9 Å². The lowest BCUT2D eigenvalue weighted by molar-refractivity contribution is 0.633. The van der Waals surface area contributed by atoms with Gasteiger partial charge in [0.2, 0.25) is 0 Å². The number of hydrogen-bond acceptors (Lipinski definition) is 2. The van der Waals surface area contributed by atoms with Gasteiger partial charge in [0.15, 0.2) is 0 Å². The van der Waals surface area contributed by atoms with Crippen molar-refractivity contribution in [3.05, 3.63) is 29.3 Å². The SMILES string of the molecule is Cc1cc(C(=N)N)ccc1NC(C)(C)C. The maximum Gasteiger partial charge on any atom is 0.122 e. The molecule has 3 heteroatoms. The molecule has 1 aromatic rings. The zero-order chi connectivity index (χ0) is 11.6. The van der Waals surface area contributed by atoms with Gasteiger partial charge in [0.1, 0.15) is 5.84 Å². The zero-order valence-electron chi connectivity index (χ0n) is 9.81. The lowest BCUT2D eigenvalue weighted by Crippen LogP contribution is -2.26. The Bertz CT molecular complexity index is 375. The van der Waals surface area contributed by atoms with E-state index < -0.39 is 0 Å². The van der Waals surface area contributed by atoms with Crippen LogP contribution in [0.2, 0.25) is 0 Å². The summed E-state index contributed by atoms with van der Waals surface area (Å²) in [6, 6.07) is 5.76. The third kappa shape index (κ3) is 3.27. The van der Waals surface area contributed by atoms with Crippen LogP contribution in [0.5, 0.6) is 0 Å². The predicted octanol–water partition coefficient (Wildman–Crippen LogP) is 2.49. The molecule has 0 radical (unpaired) electrons. The van der Waals surface area contributed by atoms with Gasteiger partial charge >= 0.3 is 0 Å². The van der Waals surface area contributed by atoms with E-state index in [0.717, 1.165) is 16.8 Å². The van der Waals surface area contributed by atoms with Gasteiger partial charge < -0.3 is 11.1 Å². The van der Waals surface area contributed by atoms with Crippen LogP contribution in [-0.2, 0) is 0 Å². The Morgan fingerprint density at radius 3 is 2.33 bits per heavy atom. The molecule has 0 bridgehead atoms. The largest absolute Gasteiger partial charge is 0.384 e. The van der Waals surface area contributed by atoms with Crippen molar-refractivity contribution in [1.82, 2.24) is 0 Å². The van der Waals surface area contributed by atoms with E-state index in [0.29, 0.717) is 0 Å². The number of aryl methyl sites for hydroxylation is 1. The van der Waals surface area contributed by atoms with Crippen molar-refractivity contribution in [3.8, 4) is 0 Å². The van der Waals surface area contributed by atoms with Gasteiger partial charge in [0.05, 0.1) is 0 Å². The van der Waals surface area contributed by atoms with Gasteiger partial charge in [-0.2, -0.15) is 0 Å². The Morgan fingerprint density at radius 2 is 1.93 bits per heavy atom. The van der Waals surface area contributed by atoms with Crippen LogP contribution in [0.1, 0.15) is 31.9 Å². The smallest absolute Gasteiger partial charge is 0.122 e. The minimum absolute atomic E-state index is 0.0441. The number of benzene rings is 1. The summed E-state index contributed by atoms with van der Waals surface area (Å²) in [7, 11) is 0. The molecular formula is C12H19N3. The monoisotopic (exact) mass is 205 g/mol. The maximum atomic E-state index is 7.34. The van der Waals surface area contributed by atoms with Crippen LogP contribution in [0.4, 0.5) is 5.69 Å². The van der Waals surface area contributed by atoms with E-state index in [2.05, 4.69) is 26.1 Å². The number of rotatable bonds is 2. The number of amidine groups is 1. The van der Waals surface area contributed by atoms with Crippen molar-refractivity contribution in [2.75, 3.05) is 5.32 Å². The first-order chi connectivity index (χ1) is 6.79. The second kappa shape index (κ2) is 3.93. The number of anilines is 1. The second-order valence-corrected chi connectivity index (χ2v) is 4.82. The third-order valence-electron chi connectivity index (χ3n) is 2.05. The van der Waals surface area contributed by atoms with Gasteiger partial charge in [-0.15, -0.1) is 0 Å². The van der Waals surface area contributed by atoms with Crippen LogP contribution >= 0.6 is 0 Å². The van der Waals surface area contributed by atoms with Gasteiger partial charge in [-0.1, -0.05) is 0 Å². The zero-order valence-corrected chi connectivity index (χ0v) is 9.81. The Labute approximate surface area is 91.2 Å². The molecule has 15 heavy (non-hydrogen) atoms. The lowest BCUT2D eigenvalue weighted by atomic mass is 10.0. The Hall–Kier alpha value is -1.51. The molecule has 0 atom stereocenters. The molecule has 0 aliphatic rings. The highest BCUT2D eigenvalue weighted by molar-refractivity contribution is 5.95. The molecule has 0 saturated carbocycles. The molecule has 0 fully saturated rings. The van der Waals surface area contributed by atoms with Gasteiger partial charge in [-0.25, -0.2) is 0 Å². The highest BCUT2D eigenvalue weighted by Crippen LogP contribution is 2.20. The molecule has 0 saturated heterocycles. The lowest BCUT2D eigenvalue weighted by Gasteiger charge is -2.23. The molecular weight excluding hydrogens is 186 g/mol. The number of nitrogens with two attached hydrogens (primary N) is 1. The van der Waals surface area contributed by atoms with Crippen molar-refractivity contribution < 1.29 is 0 Å². The van der Waals surface area contributed by atoms with E-state index in [-0.39, 0.29) is 11.4 Å². The fraction of sp³-hybridized carbons (Fsp3) is 0.417. The van der Waals surface area contributed by atoms with Crippen molar-refractivity contribution >= 4 is 11.5 Å². The number of nitrogens with one attached hydrogen (secondary N) is 2. The summed E-state index contributed by atoms with van der Waals surface area (Å²) >= 11 is 0. The maximum absolute atomic E-state index is 7.34. The number of hydrogen-bond donors (Lipinski definition) is 3. The molecule has 0 heterocycles. The van der Waals surface area contributed by atoms with Gasteiger partial charge in [0, 0.05) is 16.8 Å². The van der Waals surface area contributed by atoms with Crippen molar-refractivity contribution in [2.24, 2.45) is 5.73 Å². The molecule has 0 aliphatic heterocycles. The standard InChI is InChI=1S/C12H19N3/c1-8-7-9(11(13)14)5-6-10(8)15-12(2,3)4/h5-7,15H,1-4H3,(H3,13,14). The highest BCUT2D eigenvalue weighted by Gasteiger charge is 2.11. The Morgan fingerprint density at radius 1 is 1.33 bits per heavy atom. The first-order valence-corrected chi connectivity index (χ1v) is 5.03. The van der Waals surface area contributed by atoms with Crippen molar-refractivity contribution in [1.29, 1.82) is 5.41 Å². The molecule has 3 nitrogen and oxygen atoms in total. The van der Waals surface area contributed by atoms with Gasteiger partial charge in [-0.3, -0.25) is 5.41 Å². The molecule has 0 amide bonds. The summed E-state index contributed by atoms with van der Waals surface area (Å²) in [4.78, 5) is 0. The fourth-order valence-electron chi connectivity index (χ4n) is 1.38. The molecule has 1 aromatic carbocycles.